The zero-order valence-corrected chi connectivity index (χ0v) is 10.3. The van der Waals surface area contributed by atoms with Gasteiger partial charge in [-0.2, -0.15) is 5.26 Å². The Morgan fingerprint density at radius 3 is 2.59 bits per heavy atom. The van der Waals surface area contributed by atoms with Crippen LogP contribution in [0, 0.1) is 18.3 Å². The molecule has 0 aliphatic rings. The minimum atomic E-state index is 0.453. The Labute approximate surface area is 106 Å². The third-order valence-electron chi connectivity index (χ3n) is 2.80. The molecule has 0 radical (unpaired) electrons. The number of aryl methyl sites for hydroxylation is 1. The summed E-state index contributed by atoms with van der Waals surface area (Å²) in [7, 11) is 0. The van der Waals surface area contributed by atoms with Crippen LogP contribution in [0.3, 0.4) is 0 Å². The van der Waals surface area contributed by atoms with Crippen molar-refractivity contribution in [2.24, 2.45) is 0 Å². The zero-order valence-electron chi connectivity index (χ0n) is 9.57. The summed E-state index contributed by atoms with van der Waals surface area (Å²) < 4.78 is 0. The fourth-order valence-electron chi connectivity index (χ4n) is 1.84. The Hall–Kier alpha value is -1.78. The molecule has 17 heavy (non-hydrogen) atoms. The molecule has 2 heteroatoms. The van der Waals surface area contributed by atoms with Crippen LogP contribution in [0.2, 0.25) is 5.02 Å². The minimum Gasteiger partial charge on any atom is -0.198 e. The second-order valence-electron chi connectivity index (χ2n) is 3.96. The number of rotatable bonds is 2. The average Bonchev–Trinajstić information content (AvgIpc) is 2.33. The molecule has 0 aromatic heterocycles. The molecule has 84 valence electrons. The van der Waals surface area contributed by atoms with Crippen LogP contribution < -0.4 is 0 Å². The van der Waals surface area contributed by atoms with Gasteiger partial charge in [-0.25, -0.2) is 0 Å². The first-order valence-electron chi connectivity index (χ1n) is 5.44. The highest BCUT2D eigenvalue weighted by molar-refractivity contribution is 6.33. The maximum Gasteiger partial charge on any atom is 0.0669 e. The number of hydrogen-bond acceptors (Lipinski definition) is 1. The van der Waals surface area contributed by atoms with Crippen LogP contribution in [0.4, 0.5) is 0 Å². The Morgan fingerprint density at radius 1 is 1.18 bits per heavy atom. The van der Waals surface area contributed by atoms with Crippen LogP contribution >= 0.6 is 11.6 Å². The molecule has 2 aromatic carbocycles. The van der Waals surface area contributed by atoms with E-state index in [2.05, 4.69) is 12.1 Å². The Balaban J connectivity index is 2.46. The summed E-state index contributed by atoms with van der Waals surface area (Å²) in [6, 6.07) is 16.0. The first-order chi connectivity index (χ1) is 8.22. The van der Waals surface area contributed by atoms with E-state index in [-0.39, 0.29) is 0 Å². The molecule has 0 bridgehead atoms. The molecule has 0 spiro atoms. The highest BCUT2D eigenvalue weighted by Crippen LogP contribution is 2.28. The van der Waals surface area contributed by atoms with Gasteiger partial charge in [0.15, 0.2) is 0 Å². The number of hydrogen-bond donors (Lipinski definition) is 0. The van der Waals surface area contributed by atoms with Gasteiger partial charge in [-0.1, -0.05) is 48.0 Å². The maximum absolute atomic E-state index is 8.70. The summed E-state index contributed by atoms with van der Waals surface area (Å²) in [5.41, 5.74) is 4.32. The van der Waals surface area contributed by atoms with Gasteiger partial charge in [0.25, 0.3) is 0 Å². The van der Waals surface area contributed by atoms with Crippen LogP contribution in [-0.2, 0) is 6.42 Å². The van der Waals surface area contributed by atoms with Gasteiger partial charge >= 0.3 is 0 Å². The van der Waals surface area contributed by atoms with Gasteiger partial charge in [0, 0.05) is 10.6 Å². The van der Waals surface area contributed by atoms with Crippen molar-refractivity contribution >= 4 is 11.6 Å². The average molecular weight is 242 g/mol. The number of benzene rings is 2. The fraction of sp³-hybridized carbons (Fsp3) is 0.133. The minimum absolute atomic E-state index is 0.453. The number of halogens is 1. The highest BCUT2D eigenvalue weighted by atomic mass is 35.5. The van der Waals surface area contributed by atoms with Crippen LogP contribution in [0.25, 0.3) is 11.1 Å². The van der Waals surface area contributed by atoms with E-state index in [9.17, 15) is 0 Å². The van der Waals surface area contributed by atoms with E-state index in [1.807, 2.05) is 43.3 Å². The third-order valence-corrected chi connectivity index (χ3v) is 3.13. The van der Waals surface area contributed by atoms with E-state index < -0.39 is 0 Å². The van der Waals surface area contributed by atoms with Gasteiger partial charge in [-0.3, -0.25) is 0 Å². The topological polar surface area (TPSA) is 23.8 Å². The molecule has 0 unspecified atom stereocenters. The first kappa shape index (κ1) is 11.7. The molecule has 1 nitrogen and oxygen atoms in total. The molecule has 0 heterocycles. The molecule has 2 aromatic rings. The SMILES string of the molecule is Cc1cc(-c2ccccc2Cl)ccc1CC#N. The molecule has 0 fully saturated rings. The Kier molecular flexibility index (Phi) is 3.46. The van der Waals surface area contributed by atoms with E-state index in [4.69, 9.17) is 16.9 Å². The van der Waals surface area contributed by atoms with Crippen molar-refractivity contribution in [3.63, 3.8) is 0 Å². The van der Waals surface area contributed by atoms with Gasteiger partial charge in [-0.15, -0.1) is 0 Å². The molecular weight excluding hydrogens is 230 g/mol. The van der Waals surface area contributed by atoms with Crippen molar-refractivity contribution in [1.82, 2.24) is 0 Å². The number of nitrogens with zero attached hydrogens (tertiary/aromatic N) is 1. The first-order valence-corrected chi connectivity index (χ1v) is 5.81. The van der Waals surface area contributed by atoms with Gasteiger partial charge in [0.1, 0.15) is 0 Å². The van der Waals surface area contributed by atoms with Crippen LogP contribution in [0.5, 0.6) is 0 Å². The molecular formula is C15H12ClN. The van der Waals surface area contributed by atoms with Crippen LogP contribution in [0.15, 0.2) is 42.5 Å². The highest BCUT2D eigenvalue weighted by Gasteiger charge is 2.04. The fourth-order valence-corrected chi connectivity index (χ4v) is 2.09. The monoisotopic (exact) mass is 241 g/mol. The van der Waals surface area contributed by atoms with E-state index >= 15 is 0 Å². The van der Waals surface area contributed by atoms with Gasteiger partial charge < -0.3 is 0 Å². The van der Waals surface area contributed by atoms with Crippen molar-refractivity contribution in [2.45, 2.75) is 13.3 Å². The smallest absolute Gasteiger partial charge is 0.0669 e. The summed E-state index contributed by atoms with van der Waals surface area (Å²) in [5.74, 6) is 0. The number of nitriles is 1. The van der Waals surface area contributed by atoms with Crippen molar-refractivity contribution in [1.29, 1.82) is 5.26 Å². The molecule has 0 N–H and O–H groups in total. The van der Waals surface area contributed by atoms with E-state index in [1.54, 1.807) is 0 Å². The Bertz CT molecular complexity index is 582. The molecule has 0 aliphatic heterocycles. The molecule has 0 atom stereocenters. The lowest BCUT2D eigenvalue weighted by Gasteiger charge is -2.07. The lowest BCUT2D eigenvalue weighted by Crippen LogP contribution is -1.88. The van der Waals surface area contributed by atoms with Crippen molar-refractivity contribution in [2.75, 3.05) is 0 Å². The summed E-state index contributed by atoms with van der Waals surface area (Å²) in [6.07, 6.45) is 0.453. The zero-order chi connectivity index (χ0) is 12.3. The quantitative estimate of drug-likeness (QED) is 0.765. The molecule has 0 saturated carbocycles. The second-order valence-corrected chi connectivity index (χ2v) is 4.36. The normalized spacial score (nSPS) is 9.94. The summed E-state index contributed by atoms with van der Waals surface area (Å²) in [5, 5.41) is 9.45. The van der Waals surface area contributed by atoms with Crippen molar-refractivity contribution < 1.29 is 0 Å². The summed E-state index contributed by atoms with van der Waals surface area (Å²) in [6.45, 7) is 2.02. The maximum atomic E-state index is 8.70. The summed E-state index contributed by atoms with van der Waals surface area (Å²) in [4.78, 5) is 0. The third kappa shape index (κ3) is 2.49. The Morgan fingerprint density at radius 2 is 1.94 bits per heavy atom. The predicted molar refractivity (Wildman–Crippen MR) is 70.9 cm³/mol. The summed E-state index contributed by atoms with van der Waals surface area (Å²) >= 11 is 6.16. The molecule has 0 aliphatic carbocycles. The van der Waals surface area contributed by atoms with Gasteiger partial charge in [0.2, 0.25) is 0 Å². The van der Waals surface area contributed by atoms with E-state index in [0.29, 0.717) is 6.42 Å². The molecule has 0 saturated heterocycles. The molecule has 0 amide bonds. The lowest BCUT2D eigenvalue weighted by molar-refractivity contribution is 1.21. The van der Waals surface area contributed by atoms with Crippen molar-refractivity contribution in [3.05, 3.63) is 58.6 Å². The van der Waals surface area contributed by atoms with Crippen molar-refractivity contribution in [3.8, 4) is 17.2 Å². The van der Waals surface area contributed by atoms with Gasteiger partial charge in [-0.05, 0) is 29.7 Å². The molecule has 2 rings (SSSR count). The van der Waals surface area contributed by atoms with Gasteiger partial charge in [0.05, 0.1) is 12.5 Å². The standard InChI is InChI=1S/C15H12ClN/c1-11-10-13(7-6-12(11)8-9-17)14-4-2-3-5-15(14)16/h2-7,10H,8H2,1H3. The second kappa shape index (κ2) is 5.03. The van der Waals surface area contributed by atoms with Crippen LogP contribution in [0.1, 0.15) is 11.1 Å². The van der Waals surface area contributed by atoms with Crippen LogP contribution in [-0.4, -0.2) is 0 Å². The largest absolute Gasteiger partial charge is 0.198 e. The van der Waals surface area contributed by atoms with E-state index in [1.165, 1.54) is 0 Å². The van der Waals surface area contributed by atoms with E-state index in [0.717, 1.165) is 27.3 Å². The lowest BCUT2D eigenvalue weighted by atomic mass is 9.99. The predicted octanol–water partition coefficient (Wildman–Crippen LogP) is 4.38.